The van der Waals surface area contributed by atoms with Gasteiger partial charge in [-0.3, -0.25) is 4.79 Å². The van der Waals surface area contributed by atoms with E-state index in [-0.39, 0.29) is 11.9 Å². The molecule has 21 heavy (non-hydrogen) atoms. The number of nitrogen functional groups attached to an aromatic ring is 1. The van der Waals surface area contributed by atoms with Crippen LogP contribution in [0.4, 0.5) is 5.69 Å². The second-order valence-corrected chi connectivity index (χ2v) is 5.85. The van der Waals surface area contributed by atoms with Crippen molar-refractivity contribution in [1.82, 2.24) is 5.32 Å². The number of hydrogen-bond donors (Lipinski definition) is 2. The fourth-order valence-corrected chi connectivity index (χ4v) is 3.01. The molecule has 0 spiro atoms. The molecule has 0 aromatic heterocycles. The summed E-state index contributed by atoms with van der Waals surface area (Å²) in [5.74, 6) is 0.962. The van der Waals surface area contributed by atoms with Crippen molar-refractivity contribution in [1.29, 1.82) is 0 Å². The van der Waals surface area contributed by atoms with E-state index in [0.717, 1.165) is 6.42 Å². The van der Waals surface area contributed by atoms with E-state index in [9.17, 15) is 4.79 Å². The van der Waals surface area contributed by atoms with Crippen LogP contribution in [0.3, 0.4) is 0 Å². The van der Waals surface area contributed by atoms with Gasteiger partial charge < -0.3 is 15.8 Å². The van der Waals surface area contributed by atoms with Gasteiger partial charge in [0.25, 0.3) is 5.91 Å². The Morgan fingerprint density at radius 3 is 2.86 bits per heavy atom. The van der Waals surface area contributed by atoms with Gasteiger partial charge >= 0.3 is 0 Å². The molecule has 1 amide bonds. The number of benzene rings is 1. The zero-order valence-corrected chi connectivity index (χ0v) is 13.0. The molecule has 0 radical (unpaired) electrons. The molecule has 1 saturated carbocycles. The van der Waals surface area contributed by atoms with E-state index in [1.54, 1.807) is 12.1 Å². The molecule has 4 nitrogen and oxygen atoms in total. The number of carbonyl (C=O) groups excluding carboxylic acids is 1. The summed E-state index contributed by atoms with van der Waals surface area (Å²) < 4.78 is 5.54. The fourth-order valence-electron chi connectivity index (χ4n) is 3.01. The second-order valence-electron chi connectivity index (χ2n) is 5.85. The average Bonchev–Trinajstić information content (AvgIpc) is 2.64. The second kappa shape index (κ2) is 7.34. The molecular weight excluding hydrogens is 264 g/mol. The lowest BCUT2D eigenvalue weighted by Gasteiger charge is -2.23. The van der Waals surface area contributed by atoms with E-state index in [2.05, 4.69) is 12.2 Å². The van der Waals surface area contributed by atoms with Gasteiger partial charge in [0.15, 0.2) is 0 Å². The lowest BCUT2D eigenvalue weighted by Crippen LogP contribution is -2.39. The Morgan fingerprint density at radius 1 is 1.33 bits per heavy atom. The fraction of sp³-hybridized carbons (Fsp3) is 0.588. The Kier molecular flexibility index (Phi) is 5.48. The van der Waals surface area contributed by atoms with Crippen LogP contribution in [0.5, 0.6) is 5.75 Å². The minimum Gasteiger partial charge on any atom is -0.493 e. The van der Waals surface area contributed by atoms with Gasteiger partial charge in [0.1, 0.15) is 11.3 Å². The minimum atomic E-state index is -0.115. The van der Waals surface area contributed by atoms with Gasteiger partial charge in [-0.2, -0.15) is 0 Å². The Bertz CT molecular complexity index is 488. The van der Waals surface area contributed by atoms with Crippen LogP contribution in [0.15, 0.2) is 18.2 Å². The molecule has 0 bridgehead atoms. The standard InChI is InChI=1S/C17H26N2O2/c1-3-21-15-11-7-9-13(18)16(15)17(20)19-14-10-6-4-5-8-12(14)2/h7,9,11-12,14H,3-6,8,10,18H2,1-2H3,(H,19,20). The first-order valence-electron chi connectivity index (χ1n) is 7.95. The molecule has 116 valence electrons. The van der Waals surface area contributed by atoms with Gasteiger partial charge in [-0.1, -0.05) is 32.3 Å². The molecule has 0 saturated heterocycles. The minimum absolute atomic E-state index is 0.115. The van der Waals surface area contributed by atoms with Crippen molar-refractivity contribution in [3.8, 4) is 5.75 Å². The van der Waals surface area contributed by atoms with Crippen LogP contribution in [0, 0.1) is 5.92 Å². The summed E-state index contributed by atoms with van der Waals surface area (Å²) in [5, 5.41) is 3.17. The lowest BCUT2D eigenvalue weighted by atomic mass is 9.96. The van der Waals surface area contributed by atoms with E-state index in [4.69, 9.17) is 10.5 Å². The topological polar surface area (TPSA) is 64.3 Å². The summed E-state index contributed by atoms with van der Waals surface area (Å²) in [4.78, 5) is 12.6. The maximum absolute atomic E-state index is 12.6. The van der Waals surface area contributed by atoms with Crippen LogP contribution in [-0.4, -0.2) is 18.6 Å². The molecule has 1 aromatic rings. The first-order valence-corrected chi connectivity index (χ1v) is 7.95. The molecule has 1 aromatic carbocycles. The van der Waals surface area contributed by atoms with Crippen molar-refractivity contribution in [2.45, 2.75) is 52.0 Å². The van der Waals surface area contributed by atoms with E-state index >= 15 is 0 Å². The summed E-state index contributed by atoms with van der Waals surface area (Å²) in [6.07, 6.45) is 5.91. The maximum Gasteiger partial charge on any atom is 0.257 e. The molecule has 1 fully saturated rings. The Morgan fingerprint density at radius 2 is 2.10 bits per heavy atom. The largest absolute Gasteiger partial charge is 0.493 e. The molecule has 3 N–H and O–H groups in total. The third-order valence-electron chi connectivity index (χ3n) is 4.26. The van der Waals surface area contributed by atoms with E-state index < -0.39 is 0 Å². The highest BCUT2D eigenvalue weighted by Crippen LogP contribution is 2.27. The number of nitrogens with two attached hydrogens (primary N) is 1. The van der Waals surface area contributed by atoms with Gasteiger partial charge in [0.2, 0.25) is 0 Å². The third-order valence-corrected chi connectivity index (χ3v) is 4.26. The van der Waals surface area contributed by atoms with Crippen LogP contribution < -0.4 is 15.8 Å². The molecular formula is C17H26N2O2. The summed E-state index contributed by atoms with van der Waals surface area (Å²) in [5.41, 5.74) is 6.92. The first kappa shape index (κ1) is 15.7. The van der Waals surface area contributed by atoms with Crippen LogP contribution >= 0.6 is 0 Å². The lowest BCUT2D eigenvalue weighted by molar-refractivity contribution is 0.0918. The highest BCUT2D eigenvalue weighted by molar-refractivity contribution is 6.02. The van der Waals surface area contributed by atoms with Crippen molar-refractivity contribution < 1.29 is 9.53 Å². The normalized spacial score (nSPS) is 22.4. The number of hydrogen-bond acceptors (Lipinski definition) is 3. The third kappa shape index (κ3) is 3.90. The van der Waals surface area contributed by atoms with Crippen molar-refractivity contribution in [3.63, 3.8) is 0 Å². The summed E-state index contributed by atoms with van der Waals surface area (Å²) in [6.45, 7) is 4.63. The number of anilines is 1. The average molecular weight is 290 g/mol. The number of ether oxygens (including phenoxy) is 1. The predicted octanol–water partition coefficient (Wildman–Crippen LogP) is 3.37. The van der Waals surface area contributed by atoms with Gasteiger partial charge in [-0.25, -0.2) is 0 Å². The molecule has 2 atom stereocenters. The summed E-state index contributed by atoms with van der Waals surface area (Å²) in [7, 11) is 0. The van der Waals surface area contributed by atoms with Gasteiger partial charge in [-0.15, -0.1) is 0 Å². The van der Waals surface area contributed by atoms with Crippen LogP contribution in [0.25, 0.3) is 0 Å². The predicted molar refractivity (Wildman–Crippen MR) is 85.5 cm³/mol. The Balaban J connectivity index is 2.15. The molecule has 0 aliphatic heterocycles. The SMILES string of the molecule is CCOc1cccc(N)c1C(=O)NC1CCCCCC1C. The molecule has 1 aliphatic carbocycles. The molecule has 1 aliphatic rings. The van der Waals surface area contributed by atoms with Crippen molar-refractivity contribution in [3.05, 3.63) is 23.8 Å². The zero-order valence-electron chi connectivity index (χ0n) is 13.0. The van der Waals surface area contributed by atoms with E-state index in [1.165, 1.54) is 25.7 Å². The maximum atomic E-state index is 12.6. The van der Waals surface area contributed by atoms with Crippen LogP contribution in [-0.2, 0) is 0 Å². The number of rotatable bonds is 4. The van der Waals surface area contributed by atoms with Crippen molar-refractivity contribution in [2.75, 3.05) is 12.3 Å². The molecule has 0 heterocycles. The highest BCUT2D eigenvalue weighted by Gasteiger charge is 2.24. The molecule has 4 heteroatoms. The molecule has 2 rings (SSSR count). The van der Waals surface area contributed by atoms with Gasteiger partial charge in [0, 0.05) is 11.7 Å². The summed E-state index contributed by atoms with van der Waals surface area (Å²) in [6, 6.07) is 5.58. The van der Waals surface area contributed by atoms with Crippen LogP contribution in [0.2, 0.25) is 0 Å². The van der Waals surface area contributed by atoms with Crippen LogP contribution in [0.1, 0.15) is 56.3 Å². The van der Waals surface area contributed by atoms with Crippen molar-refractivity contribution >= 4 is 11.6 Å². The monoisotopic (exact) mass is 290 g/mol. The Labute approximate surface area is 127 Å². The van der Waals surface area contributed by atoms with Crippen molar-refractivity contribution in [2.24, 2.45) is 5.92 Å². The Hall–Kier alpha value is -1.71. The van der Waals surface area contributed by atoms with Gasteiger partial charge in [0.05, 0.1) is 6.61 Å². The number of carbonyl (C=O) groups is 1. The van der Waals surface area contributed by atoms with E-state index in [1.807, 2.05) is 13.0 Å². The molecule has 2 unspecified atom stereocenters. The smallest absolute Gasteiger partial charge is 0.257 e. The number of nitrogens with one attached hydrogen (secondary N) is 1. The first-order chi connectivity index (χ1) is 10.1. The zero-order chi connectivity index (χ0) is 15.2. The number of amides is 1. The quantitative estimate of drug-likeness (QED) is 0.660. The van der Waals surface area contributed by atoms with E-state index in [0.29, 0.717) is 29.5 Å². The summed E-state index contributed by atoms with van der Waals surface area (Å²) >= 11 is 0. The highest BCUT2D eigenvalue weighted by atomic mass is 16.5. The van der Waals surface area contributed by atoms with Gasteiger partial charge in [-0.05, 0) is 37.8 Å².